The molecule has 0 saturated heterocycles. The fraction of sp³-hybridized carbons (Fsp3) is 0.176. The molecule has 0 radical (unpaired) electrons. The lowest BCUT2D eigenvalue weighted by atomic mass is 9.85. The molecule has 4 aromatic carbocycles. The quantitative estimate of drug-likeness (QED) is 0.101. The Balaban J connectivity index is 1.44. The summed E-state index contributed by atoms with van der Waals surface area (Å²) in [6, 6.07) is 20.2. The molecule has 9 heteroatoms. The van der Waals surface area contributed by atoms with Crippen molar-refractivity contribution in [2.24, 2.45) is 0 Å². The maximum absolute atomic E-state index is 13.3. The van der Waals surface area contributed by atoms with Gasteiger partial charge in [-0.05, 0) is 52.9 Å². The molecule has 0 amide bonds. The van der Waals surface area contributed by atoms with E-state index < -0.39 is 40.3 Å². The number of hydrogen-bond donors (Lipinski definition) is 4. The van der Waals surface area contributed by atoms with Crippen LogP contribution in [0, 0.1) is 0 Å². The summed E-state index contributed by atoms with van der Waals surface area (Å²) >= 11 is 0. The zero-order valence-corrected chi connectivity index (χ0v) is 23.3. The minimum Gasteiger partial charge on any atom is -0.507 e. The lowest BCUT2D eigenvalue weighted by Gasteiger charge is -2.26. The SMILES string of the molecule is CC(C)c1ccc(COc2cccc([C@@H]3CC(=O)Oc4cc(O)c5c(=O)c(O)c(-c6ccc(O)c(O)c6)oc5c43)c2)cc1. The summed E-state index contributed by atoms with van der Waals surface area (Å²) in [5.41, 5.74) is 2.33. The van der Waals surface area contributed by atoms with Crippen LogP contribution in [0.1, 0.15) is 54.4 Å². The predicted molar refractivity (Wildman–Crippen MR) is 158 cm³/mol. The van der Waals surface area contributed by atoms with E-state index in [1.165, 1.54) is 17.7 Å². The van der Waals surface area contributed by atoms with Gasteiger partial charge in [0, 0.05) is 23.1 Å². The minimum absolute atomic E-state index is 0.0103. The summed E-state index contributed by atoms with van der Waals surface area (Å²) in [5, 5.41) is 40.9. The second kappa shape index (κ2) is 10.8. The maximum Gasteiger partial charge on any atom is 0.312 e. The molecular weight excluding hydrogens is 552 g/mol. The number of hydrogen-bond acceptors (Lipinski definition) is 9. The highest BCUT2D eigenvalue weighted by molar-refractivity contribution is 5.94. The van der Waals surface area contributed by atoms with Gasteiger partial charge in [-0.15, -0.1) is 0 Å². The third-order valence-electron chi connectivity index (χ3n) is 7.62. The monoisotopic (exact) mass is 580 g/mol. The first kappa shape index (κ1) is 27.7. The van der Waals surface area contributed by atoms with Crippen LogP contribution in [0.25, 0.3) is 22.3 Å². The van der Waals surface area contributed by atoms with Gasteiger partial charge in [-0.3, -0.25) is 9.59 Å². The number of carbonyl (C=O) groups is 1. The number of aromatic hydroxyl groups is 4. The average Bonchev–Trinajstić information content (AvgIpc) is 2.99. The lowest BCUT2D eigenvalue weighted by molar-refractivity contribution is -0.135. The van der Waals surface area contributed by atoms with Crippen LogP contribution in [0.4, 0.5) is 0 Å². The van der Waals surface area contributed by atoms with Gasteiger partial charge >= 0.3 is 5.97 Å². The molecular formula is C34H28O9. The smallest absolute Gasteiger partial charge is 0.312 e. The zero-order valence-electron chi connectivity index (χ0n) is 23.3. The molecule has 4 N–H and O–H groups in total. The number of esters is 1. The van der Waals surface area contributed by atoms with Crippen LogP contribution < -0.4 is 14.9 Å². The van der Waals surface area contributed by atoms with Gasteiger partial charge in [0.25, 0.3) is 0 Å². The highest BCUT2D eigenvalue weighted by atomic mass is 16.5. The van der Waals surface area contributed by atoms with Crippen LogP contribution >= 0.6 is 0 Å². The molecule has 2 heterocycles. The topological polar surface area (TPSA) is 147 Å². The molecule has 0 saturated carbocycles. The van der Waals surface area contributed by atoms with Gasteiger partial charge in [0.1, 0.15) is 34.8 Å². The Morgan fingerprint density at radius 3 is 2.37 bits per heavy atom. The molecule has 1 atom stereocenters. The normalized spacial score (nSPS) is 14.5. The Morgan fingerprint density at radius 1 is 0.884 bits per heavy atom. The summed E-state index contributed by atoms with van der Waals surface area (Å²) in [5.74, 6) is -2.71. The van der Waals surface area contributed by atoms with E-state index in [2.05, 4.69) is 26.0 Å². The molecule has 218 valence electrons. The second-order valence-corrected chi connectivity index (χ2v) is 10.8. The fourth-order valence-electron chi connectivity index (χ4n) is 5.31. The highest BCUT2D eigenvalue weighted by Crippen LogP contribution is 2.47. The van der Waals surface area contributed by atoms with E-state index >= 15 is 0 Å². The van der Waals surface area contributed by atoms with Crippen molar-refractivity contribution in [2.75, 3.05) is 0 Å². The van der Waals surface area contributed by atoms with Crippen molar-refractivity contribution in [3.8, 4) is 45.8 Å². The van der Waals surface area contributed by atoms with E-state index in [0.717, 1.165) is 17.7 Å². The fourth-order valence-corrected chi connectivity index (χ4v) is 5.31. The Morgan fingerprint density at radius 2 is 1.65 bits per heavy atom. The summed E-state index contributed by atoms with van der Waals surface area (Å²) in [7, 11) is 0. The van der Waals surface area contributed by atoms with Crippen molar-refractivity contribution in [1.29, 1.82) is 0 Å². The Labute approximate surface area is 245 Å². The molecule has 0 spiro atoms. The largest absolute Gasteiger partial charge is 0.507 e. The van der Waals surface area contributed by atoms with E-state index in [4.69, 9.17) is 13.9 Å². The molecule has 1 aliphatic rings. The van der Waals surface area contributed by atoms with Crippen molar-refractivity contribution in [2.45, 2.75) is 38.7 Å². The minimum atomic E-state index is -0.916. The second-order valence-electron chi connectivity index (χ2n) is 10.8. The molecule has 1 aliphatic heterocycles. The van der Waals surface area contributed by atoms with Crippen LogP contribution in [0.3, 0.4) is 0 Å². The Kier molecular flexibility index (Phi) is 6.93. The van der Waals surface area contributed by atoms with Gasteiger partial charge in [0.2, 0.25) is 11.2 Å². The van der Waals surface area contributed by atoms with E-state index in [1.54, 1.807) is 18.2 Å². The molecule has 0 bridgehead atoms. The van der Waals surface area contributed by atoms with Gasteiger partial charge in [-0.1, -0.05) is 50.2 Å². The van der Waals surface area contributed by atoms with E-state index in [-0.39, 0.29) is 34.5 Å². The van der Waals surface area contributed by atoms with E-state index in [1.807, 2.05) is 18.2 Å². The number of carbonyl (C=O) groups excluding carboxylic acids is 1. The number of fused-ring (bicyclic) bond motifs is 3. The summed E-state index contributed by atoms with van der Waals surface area (Å²) in [4.78, 5) is 26.0. The molecule has 5 aromatic rings. The molecule has 0 fully saturated rings. The Bertz CT molecular complexity index is 1940. The lowest BCUT2D eigenvalue weighted by Crippen LogP contribution is -2.22. The van der Waals surface area contributed by atoms with Crippen LogP contribution in [0.15, 0.2) is 82.0 Å². The summed E-state index contributed by atoms with van der Waals surface area (Å²) in [6.07, 6.45) is -0.0904. The number of ether oxygens (including phenoxy) is 2. The van der Waals surface area contributed by atoms with Gasteiger partial charge in [-0.25, -0.2) is 0 Å². The maximum atomic E-state index is 13.3. The van der Waals surface area contributed by atoms with Crippen LogP contribution in [-0.4, -0.2) is 26.4 Å². The molecule has 0 aliphatic carbocycles. The number of benzene rings is 4. The van der Waals surface area contributed by atoms with Crippen molar-refractivity contribution in [1.82, 2.24) is 0 Å². The molecule has 6 rings (SSSR count). The van der Waals surface area contributed by atoms with Crippen molar-refractivity contribution < 1.29 is 39.1 Å². The highest BCUT2D eigenvalue weighted by Gasteiger charge is 2.34. The zero-order chi connectivity index (χ0) is 30.4. The van der Waals surface area contributed by atoms with Crippen LogP contribution in [0.5, 0.6) is 34.5 Å². The van der Waals surface area contributed by atoms with Gasteiger partial charge in [0.05, 0.1) is 6.42 Å². The first-order valence-electron chi connectivity index (χ1n) is 13.7. The summed E-state index contributed by atoms with van der Waals surface area (Å²) < 4.78 is 17.6. The number of phenolic OH excluding ortho intramolecular Hbond substituents is 3. The van der Waals surface area contributed by atoms with Gasteiger partial charge in [-0.2, -0.15) is 0 Å². The number of phenols is 3. The third kappa shape index (κ3) is 5.10. The average molecular weight is 581 g/mol. The molecule has 9 nitrogen and oxygen atoms in total. The standard InChI is InChI=1S/C34H28O9/c1-17(2)19-8-6-18(7-9-19)16-41-22-5-3-4-20(12-22)23-14-28(38)42-27-15-26(37)30-31(39)32(40)33(43-34(30)29(23)27)21-10-11-24(35)25(36)13-21/h3-13,15,17,23,35-37,40H,14,16H2,1-2H3/t23-/m0/s1. The van der Waals surface area contributed by atoms with Crippen molar-refractivity contribution in [3.63, 3.8) is 0 Å². The first-order chi connectivity index (χ1) is 20.6. The van der Waals surface area contributed by atoms with E-state index in [9.17, 15) is 30.0 Å². The summed E-state index contributed by atoms with van der Waals surface area (Å²) in [6.45, 7) is 4.60. The van der Waals surface area contributed by atoms with Crippen molar-refractivity contribution >= 4 is 16.9 Å². The Hall–Kier alpha value is -5.44. The van der Waals surface area contributed by atoms with E-state index in [0.29, 0.717) is 29.4 Å². The van der Waals surface area contributed by atoms with Gasteiger partial charge in [0.15, 0.2) is 17.3 Å². The first-order valence-corrected chi connectivity index (χ1v) is 13.7. The van der Waals surface area contributed by atoms with Crippen molar-refractivity contribution in [3.05, 3.63) is 105 Å². The molecule has 1 aromatic heterocycles. The van der Waals surface area contributed by atoms with Gasteiger partial charge < -0.3 is 34.3 Å². The predicted octanol–water partition coefficient (Wildman–Crippen LogP) is 6.43. The van der Waals surface area contributed by atoms with Crippen LogP contribution in [-0.2, 0) is 11.4 Å². The molecule has 43 heavy (non-hydrogen) atoms. The number of rotatable bonds is 6. The molecule has 0 unspecified atom stereocenters. The third-order valence-corrected chi connectivity index (χ3v) is 7.62. The van der Waals surface area contributed by atoms with Crippen LogP contribution in [0.2, 0.25) is 0 Å².